The molecule has 0 aliphatic carbocycles. The van der Waals surface area contributed by atoms with Gasteiger partial charge in [0, 0.05) is 23.4 Å². The van der Waals surface area contributed by atoms with Crippen LogP contribution in [0.4, 0.5) is 4.39 Å². The van der Waals surface area contributed by atoms with E-state index in [1.54, 1.807) is 34.7 Å². The molecule has 0 radical (unpaired) electrons. The number of esters is 1. The largest absolute Gasteiger partial charge is 0.465 e. The smallest absolute Gasteiger partial charge is 0.327 e. The molecule has 2 heterocycles. The molecule has 0 fully saturated rings. The molecule has 0 N–H and O–H groups in total. The van der Waals surface area contributed by atoms with Gasteiger partial charge in [-0.3, -0.25) is 14.2 Å². The van der Waals surface area contributed by atoms with Gasteiger partial charge in [-0.2, -0.15) is 10.2 Å². The summed E-state index contributed by atoms with van der Waals surface area (Å²) >= 11 is 0. The summed E-state index contributed by atoms with van der Waals surface area (Å²) in [5.74, 6) is -0.679. The molecular formula is C19H17FN4O2. The maximum absolute atomic E-state index is 14.7. The van der Waals surface area contributed by atoms with Crippen LogP contribution < -0.4 is 0 Å². The molecule has 0 atom stereocenters. The predicted molar refractivity (Wildman–Crippen MR) is 96.0 cm³/mol. The Morgan fingerprint density at radius 3 is 2.81 bits per heavy atom. The molecule has 26 heavy (non-hydrogen) atoms. The molecule has 0 unspecified atom stereocenters. The first-order valence-corrected chi connectivity index (χ1v) is 8.30. The molecule has 0 aliphatic rings. The summed E-state index contributed by atoms with van der Waals surface area (Å²) in [4.78, 5) is 11.8. The van der Waals surface area contributed by atoms with Crippen LogP contribution in [0.5, 0.6) is 0 Å². The van der Waals surface area contributed by atoms with E-state index in [-0.39, 0.29) is 18.3 Å². The number of benzene rings is 2. The van der Waals surface area contributed by atoms with Gasteiger partial charge in [0.1, 0.15) is 12.4 Å². The van der Waals surface area contributed by atoms with Crippen LogP contribution in [-0.2, 0) is 23.1 Å². The molecule has 4 rings (SSSR count). The van der Waals surface area contributed by atoms with Crippen LogP contribution in [0.2, 0.25) is 0 Å². The van der Waals surface area contributed by atoms with E-state index in [1.165, 1.54) is 6.07 Å². The first kappa shape index (κ1) is 16.3. The summed E-state index contributed by atoms with van der Waals surface area (Å²) in [5.41, 5.74) is 2.79. The quantitative estimate of drug-likeness (QED) is 0.529. The highest BCUT2D eigenvalue weighted by Gasteiger charge is 2.15. The number of aryl methyl sites for hydroxylation is 1. The molecule has 2 aromatic carbocycles. The Balaban J connectivity index is 1.85. The van der Waals surface area contributed by atoms with Gasteiger partial charge in [-0.1, -0.05) is 12.1 Å². The maximum atomic E-state index is 14.7. The molecule has 7 heteroatoms. The molecule has 132 valence electrons. The van der Waals surface area contributed by atoms with Crippen molar-refractivity contribution in [3.05, 3.63) is 48.5 Å². The van der Waals surface area contributed by atoms with Gasteiger partial charge in [0.2, 0.25) is 0 Å². The first-order chi connectivity index (χ1) is 12.6. The second-order valence-electron chi connectivity index (χ2n) is 6.00. The summed E-state index contributed by atoms with van der Waals surface area (Å²) in [6.07, 6.45) is 3.29. The zero-order valence-corrected chi connectivity index (χ0v) is 14.4. The van der Waals surface area contributed by atoms with Crippen LogP contribution in [0.15, 0.2) is 42.7 Å². The Morgan fingerprint density at radius 2 is 2.00 bits per heavy atom. The number of aromatic nitrogens is 4. The van der Waals surface area contributed by atoms with E-state index in [1.807, 2.05) is 25.2 Å². The number of carbonyl (C=O) groups excluding carboxylic acids is 1. The average Bonchev–Trinajstić information content (AvgIpc) is 3.18. The lowest BCUT2D eigenvalue weighted by atomic mass is 10.0. The van der Waals surface area contributed by atoms with Gasteiger partial charge in [0.25, 0.3) is 0 Å². The van der Waals surface area contributed by atoms with Gasteiger partial charge < -0.3 is 4.74 Å². The van der Waals surface area contributed by atoms with Gasteiger partial charge >= 0.3 is 5.97 Å². The lowest BCUT2D eigenvalue weighted by molar-refractivity contribution is -0.143. The Hall–Kier alpha value is -3.22. The predicted octanol–water partition coefficient (Wildman–Crippen LogP) is 3.29. The monoisotopic (exact) mass is 352 g/mol. The second kappa shape index (κ2) is 6.25. The van der Waals surface area contributed by atoms with E-state index >= 15 is 0 Å². The van der Waals surface area contributed by atoms with Crippen molar-refractivity contribution in [3.8, 4) is 11.1 Å². The SMILES string of the molecule is CCOC(=O)Cn1ncc2c(-c3cc4c(cnn4C)cc3F)cccc21. The fourth-order valence-corrected chi connectivity index (χ4v) is 3.17. The molecular weight excluding hydrogens is 335 g/mol. The number of rotatable bonds is 4. The van der Waals surface area contributed by atoms with Gasteiger partial charge in [0.15, 0.2) is 0 Å². The van der Waals surface area contributed by atoms with Crippen molar-refractivity contribution >= 4 is 27.8 Å². The fraction of sp³-hybridized carbons (Fsp3) is 0.211. The summed E-state index contributed by atoms with van der Waals surface area (Å²) in [7, 11) is 1.82. The molecule has 0 saturated carbocycles. The fourth-order valence-electron chi connectivity index (χ4n) is 3.17. The molecule has 0 spiro atoms. The minimum absolute atomic E-state index is 0.0179. The van der Waals surface area contributed by atoms with Gasteiger partial charge in [-0.25, -0.2) is 4.39 Å². The lowest BCUT2D eigenvalue weighted by Gasteiger charge is -2.08. The number of hydrogen-bond acceptors (Lipinski definition) is 4. The highest BCUT2D eigenvalue weighted by atomic mass is 19.1. The number of fused-ring (bicyclic) bond motifs is 2. The van der Waals surface area contributed by atoms with E-state index in [0.29, 0.717) is 12.2 Å². The van der Waals surface area contributed by atoms with E-state index < -0.39 is 0 Å². The topological polar surface area (TPSA) is 61.9 Å². The molecule has 0 amide bonds. The van der Waals surface area contributed by atoms with Crippen molar-refractivity contribution in [1.82, 2.24) is 19.6 Å². The molecule has 6 nitrogen and oxygen atoms in total. The number of halogens is 1. The molecule has 0 bridgehead atoms. The van der Waals surface area contributed by atoms with Crippen LogP contribution in [0.1, 0.15) is 6.92 Å². The van der Waals surface area contributed by atoms with Crippen LogP contribution >= 0.6 is 0 Å². The minimum atomic E-state index is -0.356. The van der Waals surface area contributed by atoms with Crippen LogP contribution in [0.25, 0.3) is 32.9 Å². The lowest BCUT2D eigenvalue weighted by Crippen LogP contribution is -2.14. The average molecular weight is 352 g/mol. The third kappa shape index (κ3) is 2.61. The van der Waals surface area contributed by atoms with Crippen molar-refractivity contribution in [2.75, 3.05) is 6.61 Å². The third-order valence-electron chi connectivity index (χ3n) is 4.40. The Kier molecular flexibility index (Phi) is 3.91. The minimum Gasteiger partial charge on any atom is -0.465 e. The first-order valence-electron chi connectivity index (χ1n) is 8.30. The highest BCUT2D eigenvalue weighted by molar-refractivity contribution is 5.97. The van der Waals surface area contributed by atoms with Gasteiger partial charge in [-0.05, 0) is 30.7 Å². The standard InChI is InChI=1S/C19H17FN4O2/c1-3-26-19(25)11-24-17-6-4-5-13(15(17)10-22-24)14-8-18-12(7-16(14)20)9-21-23(18)2/h4-10H,3,11H2,1-2H3. The Labute approximate surface area is 148 Å². The second-order valence-corrected chi connectivity index (χ2v) is 6.00. The van der Waals surface area contributed by atoms with Crippen LogP contribution in [-0.4, -0.2) is 32.1 Å². The Bertz CT molecular complexity index is 1130. The third-order valence-corrected chi connectivity index (χ3v) is 4.40. The van der Waals surface area contributed by atoms with E-state index in [9.17, 15) is 9.18 Å². The normalized spacial score (nSPS) is 11.3. The number of nitrogens with zero attached hydrogens (tertiary/aromatic N) is 4. The van der Waals surface area contributed by atoms with Gasteiger partial charge in [0.05, 0.1) is 30.0 Å². The van der Waals surface area contributed by atoms with E-state index in [0.717, 1.165) is 27.4 Å². The summed E-state index contributed by atoms with van der Waals surface area (Å²) in [6.45, 7) is 2.10. The molecule has 2 aromatic heterocycles. The van der Waals surface area contributed by atoms with Crippen molar-refractivity contribution in [2.24, 2.45) is 7.05 Å². The number of hydrogen-bond donors (Lipinski definition) is 0. The molecule has 0 saturated heterocycles. The van der Waals surface area contributed by atoms with Crippen molar-refractivity contribution in [3.63, 3.8) is 0 Å². The van der Waals surface area contributed by atoms with E-state index in [4.69, 9.17) is 4.74 Å². The Morgan fingerprint density at radius 1 is 1.15 bits per heavy atom. The van der Waals surface area contributed by atoms with Crippen LogP contribution in [0.3, 0.4) is 0 Å². The van der Waals surface area contributed by atoms with Crippen LogP contribution in [0, 0.1) is 5.82 Å². The van der Waals surface area contributed by atoms with Gasteiger partial charge in [-0.15, -0.1) is 0 Å². The summed E-state index contributed by atoms with van der Waals surface area (Å²) < 4.78 is 23.0. The van der Waals surface area contributed by atoms with Crippen molar-refractivity contribution < 1.29 is 13.9 Å². The van der Waals surface area contributed by atoms with Crippen molar-refractivity contribution in [2.45, 2.75) is 13.5 Å². The van der Waals surface area contributed by atoms with Crippen molar-refractivity contribution in [1.29, 1.82) is 0 Å². The summed E-state index contributed by atoms with van der Waals surface area (Å²) in [5, 5.41) is 9.97. The maximum Gasteiger partial charge on any atom is 0.327 e. The molecule has 4 aromatic rings. The highest BCUT2D eigenvalue weighted by Crippen LogP contribution is 2.33. The molecule has 0 aliphatic heterocycles. The zero-order valence-electron chi connectivity index (χ0n) is 14.4. The number of ether oxygens (including phenoxy) is 1. The zero-order chi connectivity index (χ0) is 18.3. The summed E-state index contributed by atoms with van der Waals surface area (Å²) in [6, 6.07) is 8.80. The van der Waals surface area contributed by atoms with E-state index in [2.05, 4.69) is 10.2 Å². The number of carbonyl (C=O) groups is 1.